The van der Waals surface area contributed by atoms with Crippen LogP contribution in [0.15, 0.2) is 35.3 Å². The van der Waals surface area contributed by atoms with Crippen molar-refractivity contribution in [1.29, 1.82) is 0 Å². The van der Waals surface area contributed by atoms with Crippen molar-refractivity contribution in [3.05, 3.63) is 51.9 Å². The highest BCUT2D eigenvalue weighted by molar-refractivity contribution is 6.08. The van der Waals surface area contributed by atoms with Gasteiger partial charge in [0.25, 0.3) is 17.4 Å². The lowest BCUT2D eigenvalue weighted by molar-refractivity contribution is 0.0642. The summed E-state index contributed by atoms with van der Waals surface area (Å²) in [6, 6.07) is 6.30. The molecule has 2 aromatic rings. The van der Waals surface area contributed by atoms with Crippen LogP contribution in [0, 0.1) is 0 Å². The molecule has 2 rings (SSSR count). The summed E-state index contributed by atoms with van der Waals surface area (Å²) in [5, 5.41) is 2.61. The molecule has 0 saturated heterocycles. The summed E-state index contributed by atoms with van der Waals surface area (Å²) < 4.78 is 11.8. The fraction of sp³-hybridized carbons (Fsp3) is 0.409. The van der Waals surface area contributed by atoms with Crippen molar-refractivity contribution in [1.82, 2.24) is 9.47 Å². The average molecular weight is 415 g/mol. The van der Waals surface area contributed by atoms with Crippen LogP contribution in [-0.2, 0) is 7.05 Å². The van der Waals surface area contributed by atoms with Crippen molar-refractivity contribution in [2.24, 2.45) is 7.05 Å². The van der Waals surface area contributed by atoms with Gasteiger partial charge in [-0.25, -0.2) is 0 Å². The van der Waals surface area contributed by atoms with Crippen LogP contribution >= 0.6 is 0 Å². The molecule has 0 radical (unpaired) electrons. The van der Waals surface area contributed by atoms with Crippen molar-refractivity contribution in [3.63, 3.8) is 0 Å². The van der Waals surface area contributed by atoms with Gasteiger partial charge >= 0.3 is 0 Å². The molecule has 162 valence electrons. The highest BCUT2D eigenvalue weighted by atomic mass is 16.5. The number of aryl methyl sites for hydroxylation is 1. The van der Waals surface area contributed by atoms with Crippen molar-refractivity contribution in [3.8, 4) is 11.5 Å². The Hall–Kier alpha value is -3.29. The SMILES string of the molecule is COc1cccc(OC)c1C(=O)Nc1cc(C(=O)N(C(C)C)C(C)C)cn(C)c1=O. The molecular weight excluding hydrogens is 386 g/mol. The lowest BCUT2D eigenvalue weighted by Gasteiger charge is -2.31. The van der Waals surface area contributed by atoms with Crippen molar-refractivity contribution in [2.45, 2.75) is 39.8 Å². The zero-order chi connectivity index (χ0) is 22.6. The van der Waals surface area contributed by atoms with Gasteiger partial charge in [-0.3, -0.25) is 14.4 Å². The van der Waals surface area contributed by atoms with E-state index in [0.29, 0.717) is 17.1 Å². The molecule has 1 N–H and O–H groups in total. The molecule has 8 heteroatoms. The van der Waals surface area contributed by atoms with Crippen molar-refractivity contribution < 1.29 is 19.1 Å². The minimum Gasteiger partial charge on any atom is -0.496 e. The zero-order valence-electron chi connectivity index (χ0n) is 18.5. The Morgan fingerprint density at radius 1 is 1.03 bits per heavy atom. The van der Waals surface area contributed by atoms with E-state index < -0.39 is 11.5 Å². The molecular formula is C22H29N3O5. The van der Waals surface area contributed by atoms with Gasteiger partial charge in [0.2, 0.25) is 0 Å². The minimum absolute atomic E-state index is 0.00577. The lowest BCUT2D eigenvalue weighted by atomic mass is 10.1. The normalized spacial score (nSPS) is 10.8. The number of hydrogen-bond donors (Lipinski definition) is 1. The standard InChI is InChI=1S/C22H29N3O5/c1-13(2)25(14(3)4)21(27)15-11-16(22(28)24(5)12-15)23-20(26)19-17(29-6)9-8-10-18(19)30-7/h8-14H,1-7H3,(H,23,26). The van der Waals surface area contributed by atoms with Gasteiger partial charge in [-0.15, -0.1) is 0 Å². The highest BCUT2D eigenvalue weighted by Gasteiger charge is 2.24. The van der Waals surface area contributed by atoms with Crippen LogP contribution < -0.4 is 20.3 Å². The highest BCUT2D eigenvalue weighted by Crippen LogP contribution is 2.29. The fourth-order valence-electron chi connectivity index (χ4n) is 3.39. The Labute approximate surface area is 176 Å². The zero-order valence-corrected chi connectivity index (χ0v) is 18.5. The maximum atomic E-state index is 13.1. The number of aromatic nitrogens is 1. The summed E-state index contributed by atoms with van der Waals surface area (Å²) in [6.07, 6.45) is 1.47. The molecule has 0 atom stereocenters. The average Bonchev–Trinajstić information content (AvgIpc) is 2.69. The first kappa shape index (κ1) is 23.0. The van der Waals surface area contributed by atoms with Gasteiger partial charge in [-0.05, 0) is 45.9 Å². The van der Waals surface area contributed by atoms with Gasteiger partial charge in [0.15, 0.2) is 0 Å². The number of carbonyl (C=O) groups is 2. The summed E-state index contributed by atoms with van der Waals surface area (Å²) in [7, 11) is 4.42. The Morgan fingerprint density at radius 3 is 2.03 bits per heavy atom. The molecule has 8 nitrogen and oxygen atoms in total. The fourth-order valence-corrected chi connectivity index (χ4v) is 3.39. The van der Waals surface area contributed by atoms with E-state index in [9.17, 15) is 14.4 Å². The topological polar surface area (TPSA) is 89.9 Å². The maximum Gasteiger partial charge on any atom is 0.274 e. The van der Waals surface area contributed by atoms with Crippen LogP contribution in [0.5, 0.6) is 11.5 Å². The van der Waals surface area contributed by atoms with Crippen LogP contribution in [0.2, 0.25) is 0 Å². The molecule has 0 spiro atoms. The number of nitrogens with zero attached hydrogens (tertiary/aromatic N) is 2. The van der Waals surface area contributed by atoms with Crippen LogP contribution in [0.1, 0.15) is 48.4 Å². The summed E-state index contributed by atoms with van der Waals surface area (Å²) in [5.74, 6) is -0.181. The molecule has 0 fully saturated rings. The number of pyridine rings is 1. The molecule has 1 aromatic heterocycles. The molecule has 0 aliphatic rings. The van der Waals surface area contributed by atoms with E-state index in [0.717, 1.165) is 0 Å². The number of benzene rings is 1. The van der Waals surface area contributed by atoms with Crippen LogP contribution in [0.4, 0.5) is 5.69 Å². The maximum absolute atomic E-state index is 13.1. The van der Waals surface area contributed by atoms with E-state index in [1.165, 1.54) is 38.1 Å². The first-order valence-electron chi connectivity index (χ1n) is 9.68. The Balaban J connectivity index is 2.49. The van der Waals surface area contributed by atoms with E-state index in [-0.39, 0.29) is 29.2 Å². The van der Waals surface area contributed by atoms with E-state index in [1.807, 2.05) is 27.7 Å². The van der Waals surface area contributed by atoms with Crippen molar-refractivity contribution in [2.75, 3.05) is 19.5 Å². The van der Waals surface area contributed by atoms with Gasteiger partial charge in [-0.2, -0.15) is 0 Å². The number of rotatable bonds is 7. The van der Waals surface area contributed by atoms with Crippen LogP contribution in [0.3, 0.4) is 0 Å². The number of carbonyl (C=O) groups excluding carboxylic acids is 2. The predicted octanol–water partition coefficient (Wildman–Crippen LogP) is 2.91. The van der Waals surface area contributed by atoms with Crippen molar-refractivity contribution >= 4 is 17.5 Å². The number of hydrogen-bond acceptors (Lipinski definition) is 5. The summed E-state index contributed by atoms with van der Waals surface area (Å²) >= 11 is 0. The van der Waals surface area contributed by atoms with Gasteiger partial charge in [0.05, 0.1) is 19.8 Å². The van der Waals surface area contributed by atoms with E-state index >= 15 is 0 Å². The third-order valence-corrected chi connectivity index (χ3v) is 4.68. The molecule has 0 aliphatic carbocycles. The second kappa shape index (κ2) is 9.47. The van der Waals surface area contributed by atoms with Gasteiger partial charge in [0.1, 0.15) is 22.7 Å². The lowest BCUT2D eigenvalue weighted by Crippen LogP contribution is -2.42. The molecule has 0 saturated carbocycles. The number of anilines is 1. The summed E-state index contributed by atoms with van der Waals surface area (Å²) in [5.41, 5.74) is 0.0252. The van der Waals surface area contributed by atoms with Gasteiger partial charge in [0, 0.05) is 25.3 Å². The van der Waals surface area contributed by atoms with E-state index in [1.54, 1.807) is 23.1 Å². The monoisotopic (exact) mass is 415 g/mol. The van der Waals surface area contributed by atoms with E-state index in [4.69, 9.17) is 9.47 Å². The second-order valence-corrected chi connectivity index (χ2v) is 7.45. The predicted molar refractivity (Wildman–Crippen MR) is 116 cm³/mol. The third kappa shape index (κ3) is 4.64. The summed E-state index contributed by atoms with van der Waals surface area (Å²) in [4.78, 5) is 40.3. The first-order valence-corrected chi connectivity index (χ1v) is 9.68. The van der Waals surface area contributed by atoms with Crippen LogP contribution in [0.25, 0.3) is 0 Å². The quantitative estimate of drug-likeness (QED) is 0.751. The number of nitrogens with one attached hydrogen (secondary N) is 1. The molecule has 0 unspecified atom stereocenters. The smallest absolute Gasteiger partial charge is 0.274 e. The van der Waals surface area contributed by atoms with E-state index in [2.05, 4.69) is 5.32 Å². The number of amides is 2. The molecule has 0 bridgehead atoms. The first-order chi connectivity index (χ1) is 14.1. The van der Waals surface area contributed by atoms with Crippen LogP contribution in [-0.4, -0.2) is 47.6 Å². The molecule has 1 heterocycles. The Bertz CT molecular complexity index is 965. The largest absolute Gasteiger partial charge is 0.496 e. The Kier molecular flexibility index (Phi) is 7.26. The molecule has 2 amide bonds. The third-order valence-electron chi connectivity index (χ3n) is 4.68. The molecule has 0 aliphatic heterocycles. The van der Waals surface area contributed by atoms with Gasteiger partial charge < -0.3 is 24.3 Å². The van der Waals surface area contributed by atoms with Gasteiger partial charge in [-0.1, -0.05) is 6.07 Å². The number of ether oxygens (including phenoxy) is 2. The minimum atomic E-state index is -0.574. The molecule has 1 aromatic carbocycles. The Morgan fingerprint density at radius 2 is 1.57 bits per heavy atom. The second-order valence-electron chi connectivity index (χ2n) is 7.45. The number of methoxy groups -OCH3 is 2. The summed E-state index contributed by atoms with van der Waals surface area (Å²) in [6.45, 7) is 7.71. The molecule has 30 heavy (non-hydrogen) atoms.